The van der Waals surface area contributed by atoms with E-state index in [-0.39, 0.29) is 55.7 Å². The number of nitrogens with two attached hydrogens (primary N) is 1. The topological polar surface area (TPSA) is 318 Å². The molecule has 0 aliphatic carbocycles. The zero-order chi connectivity index (χ0) is 41.7. The van der Waals surface area contributed by atoms with Crippen LogP contribution in [0.5, 0.6) is 11.5 Å². The fourth-order valence-electron chi connectivity index (χ4n) is 6.08. The number of hydrogen-bond donors (Lipinski definition) is 7. The molecule has 8 N–H and O–H groups in total. The number of urea groups is 2. The van der Waals surface area contributed by atoms with Gasteiger partial charge in [0.25, 0.3) is 17.6 Å². The molecule has 0 spiro atoms. The summed E-state index contributed by atoms with van der Waals surface area (Å²) in [5, 5.41) is 46.2. The van der Waals surface area contributed by atoms with Gasteiger partial charge in [0, 0.05) is 38.1 Å². The minimum atomic E-state index is -2.03. The molecular formula is C31H33ClN10O13S2. The molecule has 4 aliphatic rings. The van der Waals surface area contributed by atoms with Crippen LogP contribution in [0.1, 0.15) is 29.9 Å². The van der Waals surface area contributed by atoms with Crippen LogP contribution < -0.4 is 16.5 Å². The Hall–Kier alpha value is -6.08. The SMILES string of the molecule is CC(C)(O/N=C(\C(=O)NC1C(=O)N2C[C@@](C(=O)O)(N3CCN(NC(=O)N4CCN(C(=O)C(=O)c5ccc(O)c(O)c5Cl)CC4)C3=O)S[C@H]12)c1csc(N)n1)C(=O)O. The van der Waals surface area contributed by atoms with Crippen molar-refractivity contribution in [3.8, 4) is 11.5 Å². The number of hydrogen-bond acceptors (Lipinski definition) is 16. The van der Waals surface area contributed by atoms with Gasteiger partial charge in [-0.15, -0.1) is 11.3 Å². The molecule has 304 valence electrons. The van der Waals surface area contributed by atoms with Crippen molar-refractivity contribution in [3.63, 3.8) is 0 Å². The second-order valence-corrected chi connectivity index (χ2v) is 16.0. The number of nitrogens with one attached hydrogen (secondary N) is 2. The summed E-state index contributed by atoms with van der Waals surface area (Å²) in [5.41, 5.74) is 5.37. The first-order valence-electron chi connectivity index (χ1n) is 16.7. The monoisotopic (exact) mass is 852 g/mol. The van der Waals surface area contributed by atoms with E-state index in [4.69, 9.17) is 22.2 Å². The maximum atomic E-state index is 13.6. The third-order valence-corrected chi connectivity index (χ3v) is 12.1. The molecule has 2 aromatic rings. The highest BCUT2D eigenvalue weighted by Crippen LogP contribution is 2.49. The Morgan fingerprint density at radius 3 is 2.32 bits per heavy atom. The van der Waals surface area contributed by atoms with Gasteiger partial charge in [-0.3, -0.25) is 24.1 Å². The van der Waals surface area contributed by atoms with Crippen LogP contribution in [0.2, 0.25) is 5.02 Å². The number of carboxylic acid groups (broad SMARTS) is 2. The number of carbonyl (C=O) groups is 8. The number of nitrogens with zero attached hydrogens (tertiary/aromatic N) is 7. The minimum Gasteiger partial charge on any atom is -0.504 e. The molecule has 23 nitrogen and oxygen atoms in total. The third-order valence-electron chi connectivity index (χ3n) is 9.39. The lowest BCUT2D eigenvalue weighted by Crippen LogP contribution is -2.68. The number of benzene rings is 1. The highest BCUT2D eigenvalue weighted by Gasteiger charge is 2.66. The number of hydrazine groups is 1. The molecule has 0 saturated carbocycles. The number of halogens is 1. The van der Waals surface area contributed by atoms with Gasteiger partial charge in [0.2, 0.25) is 16.4 Å². The molecule has 1 unspecified atom stereocenters. The van der Waals surface area contributed by atoms with E-state index in [0.717, 1.165) is 45.1 Å². The van der Waals surface area contributed by atoms with Gasteiger partial charge in [-0.25, -0.2) is 34.6 Å². The molecule has 26 heteroatoms. The van der Waals surface area contributed by atoms with Crippen LogP contribution in [-0.2, 0) is 28.8 Å². The molecule has 4 fully saturated rings. The first-order chi connectivity index (χ1) is 26.8. The summed E-state index contributed by atoms with van der Waals surface area (Å²) in [7, 11) is 0. The second kappa shape index (κ2) is 15.1. The van der Waals surface area contributed by atoms with Gasteiger partial charge in [0.1, 0.15) is 17.1 Å². The van der Waals surface area contributed by atoms with E-state index >= 15 is 0 Å². The summed E-state index contributed by atoms with van der Waals surface area (Å²) in [5.74, 6) is -7.87. The number of piperazine rings is 1. The van der Waals surface area contributed by atoms with Crippen molar-refractivity contribution in [3.05, 3.63) is 33.8 Å². The largest absolute Gasteiger partial charge is 0.504 e. The number of oxime groups is 1. The molecule has 6 rings (SSSR count). The summed E-state index contributed by atoms with van der Waals surface area (Å²) in [4.78, 5) is 115. The Morgan fingerprint density at radius 2 is 1.70 bits per heavy atom. The zero-order valence-electron chi connectivity index (χ0n) is 29.7. The minimum absolute atomic E-state index is 0.0520. The number of phenols is 2. The van der Waals surface area contributed by atoms with Crippen molar-refractivity contribution in [2.75, 3.05) is 51.5 Å². The van der Waals surface area contributed by atoms with Crippen molar-refractivity contribution in [1.29, 1.82) is 0 Å². The Morgan fingerprint density at radius 1 is 1.04 bits per heavy atom. The highest BCUT2D eigenvalue weighted by atomic mass is 35.5. The summed E-state index contributed by atoms with van der Waals surface area (Å²) >= 11 is 7.60. The molecular weight excluding hydrogens is 820 g/mol. The van der Waals surface area contributed by atoms with Crippen LogP contribution in [-0.4, -0.2) is 171 Å². The zero-order valence-corrected chi connectivity index (χ0v) is 32.1. The molecule has 1 aromatic heterocycles. The van der Waals surface area contributed by atoms with Gasteiger partial charge in [-0.1, -0.05) is 28.5 Å². The average molecular weight is 853 g/mol. The predicted molar refractivity (Wildman–Crippen MR) is 196 cm³/mol. The van der Waals surface area contributed by atoms with Gasteiger partial charge in [-0.2, -0.15) is 0 Å². The smallest absolute Gasteiger partial charge is 0.350 e. The van der Waals surface area contributed by atoms with Crippen LogP contribution >= 0.6 is 34.7 Å². The van der Waals surface area contributed by atoms with Gasteiger partial charge < -0.3 is 51.0 Å². The Bertz CT molecular complexity index is 2130. The van der Waals surface area contributed by atoms with Gasteiger partial charge in [-0.05, 0) is 26.0 Å². The standard InChI is InChI=1S/C31H33ClN10O13S2/c1-30(2,25(49)50)55-37-17(14-11-56-27(33)34-14)21(46)35-18-22(47)40-12-31(26(51)52,57-24(18)40)41-9-10-42(29(41)54)36-28(53)39-7-5-38(6-8-39)23(48)19(44)13-3-4-15(43)20(45)16(13)32/h3-4,11,18,24,43,45H,5-10,12H2,1-2H3,(H2,33,34)(H,35,46)(H,36,53)(H,49,50)(H,51,52)/b37-17-/t18?,24-,31-/m1/s1. The first-order valence-corrected chi connectivity index (χ1v) is 18.8. The molecule has 4 aliphatic heterocycles. The Kier molecular flexibility index (Phi) is 10.8. The number of aromatic hydroxyl groups is 2. The van der Waals surface area contributed by atoms with Crippen molar-refractivity contribution in [1.82, 2.24) is 40.3 Å². The number of amides is 7. The van der Waals surface area contributed by atoms with Crippen molar-refractivity contribution in [2.45, 2.75) is 35.7 Å². The van der Waals surface area contributed by atoms with Gasteiger partial charge in [0.05, 0.1) is 23.7 Å². The summed E-state index contributed by atoms with van der Waals surface area (Å²) < 4.78 is 0. The fourth-order valence-corrected chi connectivity index (χ4v) is 8.51. The van der Waals surface area contributed by atoms with Crippen LogP contribution in [0.4, 0.5) is 14.7 Å². The highest BCUT2D eigenvalue weighted by molar-refractivity contribution is 8.02. The van der Waals surface area contributed by atoms with E-state index < -0.39 is 98.2 Å². The second-order valence-electron chi connectivity index (χ2n) is 13.3. The number of carboxylic acids is 2. The maximum absolute atomic E-state index is 13.6. The molecule has 0 bridgehead atoms. The number of carbonyl (C=O) groups excluding carboxylic acids is 6. The van der Waals surface area contributed by atoms with Gasteiger partial charge in [0.15, 0.2) is 22.3 Å². The summed E-state index contributed by atoms with van der Waals surface area (Å²) in [6, 6.07) is -0.846. The van der Waals surface area contributed by atoms with Crippen LogP contribution in [0.25, 0.3) is 0 Å². The summed E-state index contributed by atoms with van der Waals surface area (Å²) in [6.07, 6.45) is 0. The normalized spacial score (nSPS) is 22.2. The van der Waals surface area contributed by atoms with Crippen LogP contribution in [0.15, 0.2) is 22.7 Å². The predicted octanol–water partition coefficient (Wildman–Crippen LogP) is -1.06. The quantitative estimate of drug-likeness (QED) is 0.0354. The number of nitrogen functional groups attached to an aromatic ring is 1. The Labute approximate surface area is 333 Å². The number of fused-ring (bicyclic) bond motifs is 1. The third kappa shape index (κ3) is 7.35. The molecule has 0 radical (unpaired) electrons. The van der Waals surface area contributed by atoms with E-state index in [1.165, 1.54) is 33.9 Å². The fraction of sp³-hybridized carbons (Fsp3) is 0.419. The van der Waals surface area contributed by atoms with Gasteiger partial charge >= 0.3 is 24.0 Å². The summed E-state index contributed by atoms with van der Waals surface area (Å²) in [6.45, 7) is 1.31. The lowest BCUT2D eigenvalue weighted by molar-refractivity contribution is -0.161. The number of β-lactam (4-membered cyclic amide) rings is 1. The molecule has 5 heterocycles. The number of Topliss-reactive ketones (excluding diaryl/α,β-unsaturated/α-hetero) is 1. The van der Waals surface area contributed by atoms with Crippen molar-refractivity contribution >= 4 is 93.0 Å². The average Bonchev–Trinajstić information content (AvgIpc) is 3.88. The maximum Gasteiger partial charge on any atom is 0.350 e. The number of thioether (sulfide) groups is 1. The molecule has 57 heavy (non-hydrogen) atoms. The van der Waals surface area contributed by atoms with Crippen molar-refractivity contribution < 1.29 is 63.6 Å². The number of rotatable bonds is 11. The van der Waals surface area contributed by atoms with E-state index in [2.05, 4.69) is 20.9 Å². The number of aromatic nitrogens is 1. The van der Waals surface area contributed by atoms with E-state index in [9.17, 15) is 58.8 Å². The lowest BCUT2D eigenvalue weighted by Gasteiger charge is -2.41. The number of aliphatic carboxylic acids is 2. The first kappa shape index (κ1) is 40.6. The molecule has 1 aromatic carbocycles. The number of phenolic OH excluding ortho intramolecular Hbond substituents is 2. The molecule has 3 atom stereocenters. The van der Waals surface area contributed by atoms with E-state index in [0.29, 0.717) is 0 Å². The van der Waals surface area contributed by atoms with E-state index in [1.54, 1.807) is 0 Å². The van der Waals surface area contributed by atoms with Crippen LogP contribution in [0.3, 0.4) is 0 Å². The number of ketones is 1. The molecule has 7 amide bonds. The molecule has 4 saturated heterocycles. The number of thiazole rings is 1. The van der Waals surface area contributed by atoms with Crippen LogP contribution in [0, 0.1) is 0 Å². The lowest BCUT2D eigenvalue weighted by atomic mass is 10.1. The Balaban J connectivity index is 1.07. The number of anilines is 1. The van der Waals surface area contributed by atoms with Crippen molar-refractivity contribution in [2.24, 2.45) is 5.16 Å². The van der Waals surface area contributed by atoms with E-state index in [1.807, 2.05) is 0 Å².